The molecule has 0 saturated heterocycles. The summed E-state index contributed by atoms with van der Waals surface area (Å²) in [5.74, 6) is 0.473. The van der Waals surface area contributed by atoms with E-state index in [1.807, 2.05) is 19.9 Å². The Balaban J connectivity index is 4.00. The van der Waals surface area contributed by atoms with Crippen LogP contribution in [0.1, 0.15) is 27.2 Å². The van der Waals surface area contributed by atoms with Gasteiger partial charge in [-0.05, 0) is 12.2 Å². The number of thioether (sulfide) groups is 1. The van der Waals surface area contributed by atoms with Gasteiger partial charge >= 0.3 is 0 Å². The predicted molar refractivity (Wildman–Crippen MR) is 57.7 cm³/mol. The van der Waals surface area contributed by atoms with Crippen molar-refractivity contribution in [1.29, 1.82) is 0 Å². The Bertz CT molecular complexity index is 178. The van der Waals surface area contributed by atoms with Crippen LogP contribution in [0.4, 0.5) is 0 Å². The molecule has 3 heteroatoms. The smallest absolute Gasteiger partial charge is 0.194 e. The van der Waals surface area contributed by atoms with Gasteiger partial charge in [0.15, 0.2) is 5.12 Å². The first-order valence-electron chi connectivity index (χ1n) is 4.64. The molecule has 13 heavy (non-hydrogen) atoms. The number of aliphatic hydroxyl groups is 1. The van der Waals surface area contributed by atoms with Crippen LogP contribution in [0.3, 0.4) is 0 Å². The highest BCUT2D eigenvalue weighted by Gasteiger charge is 2.19. The molecule has 0 heterocycles. The van der Waals surface area contributed by atoms with Crippen molar-refractivity contribution in [2.75, 3.05) is 5.75 Å². The largest absolute Gasteiger partial charge is 0.388 e. The van der Waals surface area contributed by atoms with E-state index in [2.05, 4.69) is 0 Å². The Labute approximate surface area is 84.4 Å². The molecule has 0 aliphatic rings. The first kappa shape index (κ1) is 12.7. The Morgan fingerprint density at radius 1 is 1.54 bits per heavy atom. The van der Waals surface area contributed by atoms with Crippen LogP contribution in [-0.4, -0.2) is 22.1 Å². The molecule has 0 aromatic heterocycles. The summed E-state index contributed by atoms with van der Waals surface area (Å²) in [7, 11) is 0. The highest BCUT2D eigenvalue weighted by Crippen LogP contribution is 2.15. The zero-order valence-corrected chi connectivity index (χ0v) is 9.30. The fraction of sp³-hybridized carbons (Fsp3) is 0.700. The van der Waals surface area contributed by atoms with Crippen molar-refractivity contribution < 1.29 is 9.90 Å². The van der Waals surface area contributed by atoms with Crippen LogP contribution in [0.15, 0.2) is 12.2 Å². The summed E-state index contributed by atoms with van der Waals surface area (Å²) in [6, 6.07) is 0. The molecule has 0 amide bonds. The van der Waals surface area contributed by atoms with Crippen molar-refractivity contribution in [3.05, 3.63) is 12.2 Å². The molecular formula is C10H18O2S. The maximum Gasteiger partial charge on any atom is 0.194 e. The van der Waals surface area contributed by atoms with E-state index >= 15 is 0 Å². The molecule has 76 valence electrons. The summed E-state index contributed by atoms with van der Waals surface area (Å²) in [6.07, 6.45) is 3.83. The minimum absolute atomic E-state index is 0.0655. The minimum Gasteiger partial charge on any atom is -0.388 e. The van der Waals surface area contributed by atoms with Crippen molar-refractivity contribution in [2.24, 2.45) is 5.92 Å². The maximum absolute atomic E-state index is 11.3. The van der Waals surface area contributed by atoms with Crippen LogP contribution < -0.4 is 0 Å². The number of carbonyl (C=O) groups excluding carboxylic acids is 1. The van der Waals surface area contributed by atoms with Crippen LogP contribution in [0.2, 0.25) is 0 Å². The van der Waals surface area contributed by atoms with E-state index < -0.39 is 6.10 Å². The van der Waals surface area contributed by atoms with Crippen LogP contribution >= 0.6 is 11.8 Å². The Morgan fingerprint density at radius 2 is 2.15 bits per heavy atom. The summed E-state index contributed by atoms with van der Waals surface area (Å²) in [5.41, 5.74) is 0. The van der Waals surface area contributed by atoms with Gasteiger partial charge in [-0.2, -0.15) is 0 Å². The van der Waals surface area contributed by atoms with Crippen LogP contribution in [-0.2, 0) is 4.79 Å². The highest BCUT2D eigenvalue weighted by atomic mass is 32.2. The molecule has 0 aliphatic heterocycles. The van der Waals surface area contributed by atoms with Gasteiger partial charge in [-0.3, -0.25) is 4.79 Å². The second-order valence-electron chi connectivity index (χ2n) is 2.87. The second-order valence-corrected chi connectivity index (χ2v) is 4.14. The first-order valence-corrected chi connectivity index (χ1v) is 5.63. The van der Waals surface area contributed by atoms with Gasteiger partial charge in [-0.15, -0.1) is 0 Å². The number of carbonyl (C=O) groups is 1. The molecule has 0 aliphatic carbocycles. The van der Waals surface area contributed by atoms with E-state index in [1.54, 1.807) is 13.0 Å². The van der Waals surface area contributed by atoms with Gasteiger partial charge in [0.25, 0.3) is 0 Å². The number of hydrogen-bond acceptors (Lipinski definition) is 3. The lowest BCUT2D eigenvalue weighted by molar-refractivity contribution is -0.116. The Morgan fingerprint density at radius 3 is 2.62 bits per heavy atom. The van der Waals surface area contributed by atoms with Gasteiger partial charge in [0, 0.05) is 0 Å². The average Bonchev–Trinajstić information content (AvgIpc) is 2.13. The molecule has 0 aromatic rings. The maximum atomic E-state index is 11.3. The summed E-state index contributed by atoms with van der Waals surface area (Å²) in [5, 5.41) is 9.59. The minimum atomic E-state index is -0.633. The monoisotopic (exact) mass is 202 g/mol. The number of rotatable bonds is 5. The standard InChI is InChI=1S/C10H18O2S/c1-4-6-7-9(11)8(3)10(12)13-5-2/h6-9,11H,4-5H2,1-3H3/b7-6+. The van der Waals surface area contributed by atoms with Crippen molar-refractivity contribution in [2.45, 2.75) is 33.3 Å². The zero-order valence-electron chi connectivity index (χ0n) is 8.49. The summed E-state index contributed by atoms with van der Waals surface area (Å²) < 4.78 is 0. The van der Waals surface area contributed by atoms with E-state index in [9.17, 15) is 9.90 Å². The molecule has 2 unspecified atom stereocenters. The Hall–Kier alpha value is -0.280. The SMILES string of the molecule is CC/C=C/C(O)C(C)C(=O)SCC. The van der Waals surface area contributed by atoms with E-state index in [0.29, 0.717) is 0 Å². The van der Waals surface area contributed by atoms with Crippen LogP contribution in [0.25, 0.3) is 0 Å². The number of hydrogen-bond donors (Lipinski definition) is 1. The summed E-state index contributed by atoms with van der Waals surface area (Å²) >= 11 is 1.27. The molecular weight excluding hydrogens is 184 g/mol. The van der Waals surface area contributed by atoms with E-state index in [4.69, 9.17) is 0 Å². The lowest BCUT2D eigenvalue weighted by Gasteiger charge is -2.12. The summed E-state index contributed by atoms with van der Waals surface area (Å²) in [4.78, 5) is 11.3. The van der Waals surface area contributed by atoms with Crippen LogP contribution in [0, 0.1) is 5.92 Å². The third-order valence-corrected chi connectivity index (χ3v) is 2.68. The topological polar surface area (TPSA) is 37.3 Å². The normalized spacial score (nSPS) is 16.0. The second kappa shape index (κ2) is 7.15. The molecule has 0 aromatic carbocycles. The third kappa shape index (κ3) is 5.11. The average molecular weight is 202 g/mol. The molecule has 2 nitrogen and oxygen atoms in total. The van der Waals surface area contributed by atoms with E-state index in [1.165, 1.54) is 11.8 Å². The molecule has 0 spiro atoms. The lowest BCUT2D eigenvalue weighted by atomic mass is 10.1. The third-order valence-electron chi connectivity index (χ3n) is 1.74. The van der Waals surface area contributed by atoms with Gasteiger partial charge in [-0.1, -0.05) is 44.7 Å². The van der Waals surface area contributed by atoms with Crippen molar-refractivity contribution >= 4 is 16.9 Å². The molecule has 0 radical (unpaired) electrons. The van der Waals surface area contributed by atoms with Crippen molar-refractivity contribution in [3.63, 3.8) is 0 Å². The van der Waals surface area contributed by atoms with Gasteiger partial charge < -0.3 is 5.11 Å². The molecule has 0 bridgehead atoms. The number of aliphatic hydroxyl groups excluding tert-OH is 1. The summed E-state index contributed by atoms with van der Waals surface area (Å²) in [6.45, 7) is 5.69. The van der Waals surface area contributed by atoms with Crippen molar-refractivity contribution in [1.82, 2.24) is 0 Å². The lowest BCUT2D eigenvalue weighted by Crippen LogP contribution is -2.21. The molecule has 2 atom stereocenters. The highest BCUT2D eigenvalue weighted by molar-refractivity contribution is 8.13. The number of allylic oxidation sites excluding steroid dienone is 1. The molecule has 0 fully saturated rings. The molecule has 0 saturated carbocycles. The molecule has 1 N–H and O–H groups in total. The van der Waals surface area contributed by atoms with Gasteiger partial charge in [0.05, 0.1) is 12.0 Å². The van der Waals surface area contributed by atoms with Crippen molar-refractivity contribution in [3.8, 4) is 0 Å². The molecule has 0 rings (SSSR count). The van der Waals surface area contributed by atoms with Crippen LogP contribution in [0.5, 0.6) is 0 Å². The predicted octanol–water partition coefficient (Wildman–Crippen LogP) is 2.23. The quantitative estimate of drug-likeness (QED) is 0.695. The fourth-order valence-electron chi connectivity index (χ4n) is 0.855. The van der Waals surface area contributed by atoms with E-state index in [0.717, 1.165) is 12.2 Å². The van der Waals surface area contributed by atoms with Gasteiger partial charge in [-0.25, -0.2) is 0 Å². The van der Waals surface area contributed by atoms with E-state index in [-0.39, 0.29) is 11.0 Å². The first-order chi connectivity index (χ1) is 6.13. The Kier molecular flexibility index (Phi) is 7.00. The van der Waals surface area contributed by atoms with Gasteiger partial charge in [0.1, 0.15) is 0 Å². The zero-order chi connectivity index (χ0) is 10.3. The fourth-order valence-corrected chi connectivity index (χ4v) is 1.54. The van der Waals surface area contributed by atoms with Gasteiger partial charge in [0.2, 0.25) is 0 Å².